The Balaban J connectivity index is 1.85. The highest BCUT2D eigenvalue weighted by Gasteiger charge is 2.51. The van der Waals surface area contributed by atoms with E-state index in [1.165, 1.54) is 24.1 Å². The van der Waals surface area contributed by atoms with Gasteiger partial charge in [0.05, 0.1) is 18.5 Å². The molecule has 5 heteroatoms. The Kier molecular flexibility index (Phi) is 2.00. The summed E-state index contributed by atoms with van der Waals surface area (Å²) in [7, 11) is 1.76. The minimum atomic E-state index is -0.202. The van der Waals surface area contributed by atoms with Crippen LogP contribution in [-0.4, -0.2) is 20.2 Å². The number of aryl methyl sites for hydroxylation is 1. The third kappa shape index (κ3) is 1.33. The summed E-state index contributed by atoms with van der Waals surface area (Å²) < 4.78 is 0. The lowest BCUT2D eigenvalue weighted by atomic mass is 9.72. The maximum absolute atomic E-state index is 9.47. The maximum atomic E-state index is 9.47. The van der Waals surface area contributed by atoms with E-state index in [0.29, 0.717) is 12.3 Å². The molecule has 84 valence electrons. The van der Waals surface area contributed by atoms with Crippen molar-refractivity contribution in [1.29, 1.82) is 5.26 Å². The molecule has 0 radical (unpaired) electrons. The van der Waals surface area contributed by atoms with Crippen molar-refractivity contribution in [3.63, 3.8) is 0 Å². The number of nitrogens with zero attached hydrogens (tertiary/aromatic N) is 5. The molecule has 2 fully saturated rings. The number of tetrazole rings is 1. The molecule has 0 aliphatic heterocycles. The van der Waals surface area contributed by atoms with Crippen molar-refractivity contribution in [3.8, 4) is 6.07 Å². The van der Waals surface area contributed by atoms with Crippen LogP contribution in [0.4, 0.5) is 0 Å². The van der Waals surface area contributed by atoms with Gasteiger partial charge in [-0.25, -0.2) is 0 Å². The van der Waals surface area contributed by atoms with E-state index in [1.54, 1.807) is 7.05 Å². The molecule has 3 rings (SSSR count). The largest absolute Gasteiger partial charge is 0.198 e. The summed E-state index contributed by atoms with van der Waals surface area (Å²) in [6.07, 6.45) is 5.46. The first kappa shape index (κ1) is 9.76. The molecule has 1 heterocycles. The molecule has 0 spiro atoms. The molecule has 1 aromatic heterocycles. The molecule has 0 saturated heterocycles. The Morgan fingerprint density at radius 2 is 2.44 bits per heavy atom. The van der Waals surface area contributed by atoms with Crippen molar-refractivity contribution >= 4 is 0 Å². The van der Waals surface area contributed by atoms with Gasteiger partial charge in [0.25, 0.3) is 0 Å². The van der Waals surface area contributed by atoms with Gasteiger partial charge in [0, 0.05) is 6.42 Å². The molecule has 0 N–H and O–H groups in total. The third-order valence-electron chi connectivity index (χ3n) is 4.22. The zero-order valence-corrected chi connectivity index (χ0v) is 9.43. The minimum absolute atomic E-state index is 0.202. The average Bonchev–Trinajstić information content (AvgIpc) is 2.94. The summed E-state index contributed by atoms with van der Waals surface area (Å²) in [6, 6.07) is 2.55. The van der Waals surface area contributed by atoms with Gasteiger partial charge in [0.2, 0.25) is 0 Å². The van der Waals surface area contributed by atoms with Crippen LogP contribution in [-0.2, 0) is 13.5 Å². The monoisotopic (exact) mass is 217 g/mol. The van der Waals surface area contributed by atoms with Crippen LogP contribution in [0.2, 0.25) is 0 Å². The molecule has 16 heavy (non-hydrogen) atoms. The van der Waals surface area contributed by atoms with Gasteiger partial charge >= 0.3 is 0 Å². The van der Waals surface area contributed by atoms with Gasteiger partial charge in [0.15, 0.2) is 5.82 Å². The molecule has 1 aromatic rings. The smallest absolute Gasteiger partial charge is 0.176 e. The predicted octanol–water partition coefficient (Wildman–Crippen LogP) is 1.08. The molecule has 3 unspecified atom stereocenters. The van der Waals surface area contributed by atoms with Gasteiger partial charge in [-0.1, -0.05) is 6.42 Å². The summed E-state index contributed by atoms with van der Waals surface area (Å²) in [5.74, 6) is 2.05. The number of rotatable bonds is 2. The van der Waals surface area contributed by atoms with E-state index in [0.717, 1.165) is 18.2 Å². The Bertz CT molecular complexity index is 445. The van der Waals surface area contributed by atoms with Crippen LogP contribution in [0.5, 0.6) is 0 Å². The summed E-state index contributed by atoms with van der Waals surface area (Å²) in [4.78, 5) is 1.47. The first-order valence-corrected chi connectivity index (χ1v) is 5.86. The van der Waals surface area contributed by atoms with Crippen LogP contribution in [0, 0.1) is 28.6 Å². The second kappa shape index (κ2) is 3.27. The fourth-order valence-electron chi connectivity index (χ4n) is 3.51. The van der Waals surface area contributed by atoms with Crippen molar-refractivity contribution in [2.24, 2.45) is 24.3 Å². The average molecular weight is 217 g/mol. The fourth-order valence-corrected chi connectivity index (χ4v) is 3.51. The summed E-state index contributed by atoms with van der Waals surface area (Å²) in [5, 5.41) is 21.5. The van der Waals surface area contributed by atoms with Crippen LogP contribution >= 0.6 is 0 Å². The van der Waals surface area contributed by atoms with E-state index in [2.05, 4.69) is 21.5 Å². The lowest BCUT2D eigenvalue weighted by molar-refractivity contribution is 0.235. The van der Waals surface area contributed by atoms with E-state index < -0.39 is 0 Å². The van der Waals surface area contributed by atoms with E-state index >= 15 is 0 Å². The second-order valence-corrected chi connectivity index (χ2v) is 5.22. The minimum Gasteiger partial charge on any atom is -0.198 e. The van der Waals surface area contributed by atoms with Gasteiger partial charge in [-0.2, -0.15) is 10.1 Å². The van der Waals surface area contributed by atoms with Crippen LogP contribution in [0.25, 0.3) is 0 Å². The quantitative estimate of drug-likeness (QED) is 0.743. The molecule has 5 nitrogen and oxygen atoms in total. The highest BCUT2D eigenvalue weighted by molar-refractivity contribution is 5.14. The molecule has 0 aromatic carbocycles. The molecule has 0 amide bonds. The van der Waals surface area contributed by atoms with E-state index in [9.17, 15) is 5.26 Å². The van der Waals surface area contributed by atoms with Crippen molar-refractivity contribution in [1.82, 2.24) is 20.2 Å². The summed E-state index contributed by atoms with van der Waals surface area (Å²) in [5.41, 5.74) is -0.202. The molecular weight excluding hydrogens is 202 g/mol. The SMILES string of the molecule is Cn1nnc(CC2(C#N)CC3CCC2C3)n1. The van der Waals surface area contributed by atoms with Crippen LogP contribution in [0.15, 0.2) is 0 Å². The lowest BCUT2D eigenvalue weighted by Gasteiger charge is -2.29. The Morgan fingerprint density at radius 3 is 2.94 bits per heavy atom. The third-order valence-corrected chi connectivity index (χ3v) is 4.22. The van der Waals surface area contributed by atoms with E-state index in [1.807, 2.05) is 0 Å². The topological polar surface area (TPSA) is 67.4 Å². The Hall–Kier alpha value is -1.44. The molecule has 2 aliphatic rings. The van der Waals surface area contributed by atoms with Gasteiger partial charge < -0.3 is 0 Å². The molecule has 2 saturated carbocycles. The first-order valence-electron chi connectivity index (χ1n) is 5.86. The number of aromatic nitrogens is 4. The first-order chi connectivity index (χ1) is 7.72. The van der Waals surface area contributed by atoms with E-state index in [4.69, 9.17) is 0 Å². The molecule has 2 bridgehead atoms. The number of fused-ring (bicyclic) bond motifs is 2. The van der Waals surface area contributed by atoms with Crippen molar-refractivity contribution in [2.75, 3.05) is 0 Å². The predicted molar refractivity (Wildman–Crippen MR) is 56.0 cm³/mol. The van der Waals surface area contributed by atoms with Gasteiger partial charge in [-0.15, -0.1) is 10.2 Å². The zero-order chi connectivity index (χ0) is 11.2. The van der Waals surface area contributed by atoms with Crippen molar-refractivity contribution in [2.45, 2.75) is 32.1 Å². The standard InChI is InChI=1S/C11H15N5/c1-16-14-10(13-15-16)6-11(7-12)5-8-2-3-9(11)4-8/h8-9H,2-6H2,1H3. The highest BCUT2D eigenvalue weighted by Crippen LogP contribution is 2.56. The van der Waals surface area contributed by atoms with Crippen molar-refractivity contribution < 1.29 is 0 Å². The Morgan fingerprint density at radius 1 is 1.56 bits per heavy atom. The number of nitriles is 1. The lowest BCUT2D eigenvalue weighted by Crippen LogP contribution is -2.29. The van der Waals surface area contributed by atoms with Crippen LogP contribution < -0.4 is 0 Å². The highest BCUT2D eigenvalue weighted by atomic mass is 15.6. The normalized spacial score (nSPS) is 36.5. The maximum Gasteiger partial charge on any atom is 0.176 e. The summed E-state index contributed by atoms with van der Waals surface area (Å²) >= 11 is 0. The zero-order valence-electron chi connectivity index (χ0n) is 9.43. The van der Waals surface area contributed by atoms with Crippen molar-refractivity contribution in [3.05, 3.63) is 5.82 Å². The van der Waals surface area contributed by atoms with Gasteiger partial charge in [0.1, 0.15) is 0 Å². The summed E-state index contributed by atoms with van der Waals surface area (Å²) in [6.45, 7) is 0. The van der Waals surface area contributed by atoms with Crippen LogP contribution in [0.1, 0.15) is 31.5 Å². The van der Waals surface area contributed by atoms with Crippen LogP contribution in [0.3, 0.4) is 0 Å². The fraction of sp³-hybridized carbons (Fsp3) is 0.818. The van der Waals surface area contributed by atoms with Gasteiger partial charge in [-0.05, 0) is 36.3 Å². The molecule has 3 atom stereocenters. The van der Waals surface area contributed by atoms with Gasteiger partial charge in [-0.3, -0.25) is 0 Å². The second-order valence-electron chi connectivity index (χ2n) is 5.22. The van der Waals surface area contributed by atoms with E-state index in [-0.39, 0.29) is 5.41 Å². The number of hydrogen-bond acceptors (Lipinski definition) is 4. The Labute approximate surface area is 94.4 Å². The molecule has 2 aliphatic carbocycles. The number of hydrogen-bond donors (Lipinski definition) is 0. The molecular formula is C11H15N5.